The van der Waals surface area contributed by atoms with Crippen LogP contribution in [0.3, 0.4) is 0 Å². The number of benzene rings is 1. The van der Waals surface area contributed by atoms with Crippen molar-refractivity contribution in [2.45, 2.75) is 32.2 Å². The van der Waals surface area contributed by atoms with Crippen molar-refractivity contribution < 1.29 is 13.7 Å². The zero-order chi connectivity index (χ0) is 16.9. The molecule has 0 bridgehead atoms. The van der Waals surface area contributed by atoms with Gasteiger partial charge in [0.2, 0.25) is 5.91 Å². The molecule has 6 heteroatoms. The number of carbonyl (C=O) groups excluding carboxylic acids is 1. The average Bonchev–Trinajstić information content (AvgIpc) is 3.21. The first-order chi connectivity index (χ1) is 11.6. The number of amides is 1. The maximum atomic E-state index is 14.2. The van der Waals surface area contributed by atoms with Gasteiger partial charge in [0.1, 0.15) is 11.6 Å². The van der Waals surface area contributed by atoms with Gasteiger partial charge in [-0.2, -0.15) is 0 Å². The van der Waals surface area contributed by atoms with Gasteiger partial charge in [-0.15, -0.1) is 0 Å². The summed E-state index contributed by atoms with van der Waals surface area (Å²) in [5, 5.41) is 6.68. The summed E-state index contributed by atoms with van der Waals surface area (Å²) < 4.78 is 19.3. The van der Waals surface area contributed by atoms with E-state index in [1.165, 1.54) is 6.07 Å². The summed E-state index contributed by atoms with van der Waals surface area (Å²) >= 11 is 0. The van der Waals surface area contributed by atoms with E-state index < -0.39 is 0 Å². The molecule has 1 amide bonds. The number of hydrogen-bond donors (Lipinski definition) is 1. The molecular formula is C18H22FN3O2. The van der Waals surface area contributed by atoms with Crippen LogP contribution in [0.4, 0.5) is 4.39 Å². The summed E-state index contributed by atoms with van der Waals surface area (Å²) in [6.45, 7) is 4.05. The highest BCUT2D eigenvalue weighted by Gasteiger charge is 2.26. The van der Waals surface area contributed by atoms with Crippen molar-refractivity contribution in [1.29, 1.82) is 0 Å². The molecule has 0 radical (unpaired) electrons. The van der Waals surface area contributed by atoms with Crippen LogP contribution in [0.1, 0.15) is 35.9 Å². The van der Waals surface area contributed by atoms with Crippen molar-refractivity contribution in [2.24, 2.45) is 0 Å². The number of hydrogen-bond acceptors (Lipinski definition) is 4. The molecule has 1 saturated heterocycles. The number of aromatic nitrogens is 1. The molecule has 1 aromatic heterocycles. The first-order valence-electron chi connectivity index (χ1n) is 8.31. The maximum Gasteiger partial charge on any atom is 0.227 e. The third kappa shape index (κ3) is 4.00. The van der Waals surface area contributed by atoms with Crippen molar-refractivity contribution in [3.63, 3.8) is 0 Å². The van der Waals surface area contributed by atoms with E-state index >= 15 is 0 Å². The Bertz CT molecular complexity index is 695. The number of halogens is 1. The Hall–Kier alpha value is -2.21. The van der Waals surface area contributed by atoms with Gasteiger partial charge < -0.3 is 9.84 Å². The van der Waals surface area contributed by atoms with Crippen LogP contribution in [-0.4, -0.2) is 35.6 Å². The molecule has 0 spiro atoms. The summed E-state index contributed by atoms with van der Waals surface area (Å²) in [4.78, 5) is 14.4. The molecule has 0 saturated carbocycles. The smallest absolute Gasteiger partial charge is 0.227 e. The Kier molecular flexibility index (Phi) is 5.25. The minimum Gasteiger partial charge on any atom is -0.361 e. The molecule has 1 fully saturated rings. The predicted molar refractivity (Wildman–Crippen MR) is 87.9 cm³/mol. The molecule has 0 aliphatic carbocycles. The van der Waals surface area contributed by atoms with Gasteiger partial charge in [-0.05, 0) is 38.9 Å². The number of nitrogens with one attached hydrogen (secondary N) is 1. The molecule has 2 heterocycles. The van der Waals surface area contributed by atoms with Crippen LogP contribution in [0.25, 0.3) is 0 Å². The first-order valence-corrected chi connectivity index (χ1v) is 8.31. The molecule has 24 heavy (non-hydrogen) atoms. The Morgan fingerprint density at radius 3 is 2.79 bits per heavy atom. The zero-order valence-electron chi connectivity index (χ0n) is 13.8. The summed E-state index contributed by atoms with van der Waals surface area (Å²) in [7, 11) is 0. The Labute approximate surface area is 140 Å². The average molecular weight is 331 g/mol. The highest BCUT2D eigenvalue weighted by atomic mass is 19.1. The van der Waals surface area contributed by atoms with Crippen molar-refractivity contribution in [3.8, 4) is 0 Å². The second-order valence-electron chi connectivity index (χ2n) is 6.20. The molecule has 3 rings (SSSR count). The number of likely N-dealkylation sites (tertiary alicyclic amines) is 1. The van der Waals surface area contributed by atoms with E-state index in [2.05, 4.69) is 15.4 Å². The van der Waals surface area contributed by atoms with Crippen molar-refractivity contribution in [2.75, 3.05) is 19.6 Å². The molecule has 2 aromatic rings. The summed E-state index contributed by atoms with van der Waals surface area (Å²) in [5.74, 6) is 0.162. The highest BCUT2D eigenvalue weighted by molar-refractivity contribution is 5.77. The quantitative estimate of drug-likeness (QED) is 0.884. The normalized spacial score (nSPS) is 16.2. The largest absolute Gasteiger partial charge is 0.361 e. The van der Waals surface area contributed by atoms with Crippen LogP contribution in [0.2, 0.25) is 0 Å². The van der Waals surface area contributed by atoms with Crippen molar-refractivity contribution in [3.05, 3.63) is 53.2 Å². The number of nitrogens with zero attached hydrogens (tertiary/aromatic N) is 2. The predicted octanol–water partition coefficient (Wildman–Crippen LogP) is 2.62. The highest BCUT2D eigenvalue weighted by Crippen LogP contribution is 2.26. The molecule has 1 aromatic carbocycles. The van der Waals surface area contributed by atoms with E-state index in [1.54, 1.807) is 18.2 Å². The van der Waals surface area contributed by atoms with Gasteiger partial charge in [-0.3, -0.25) is 9.69 Å². The molecule has 1 atom stereocenters. The fourth-order valence-electron chi connectivity index (χ4n) is 3.17. The van der Waals surface area contributed by atoms with Gasteiger partial charge in [0.25, 0.3) is 0 Å². The zero-order valence-corrected chi connectivity index (χ0v) is 13.8. The van der Waals surface area contributed by atoms with E-state index in [0.717, 1.165) is 31.6 Å². The summed E-state index contributed by atoms with van der Waals surface area (Å²) in [6, 6.07) is 8.38. The van der Waals surface area contributed by atoms with E-state index in [9.17, 15) is 9.18 Å². The second kappa shape index (κ2) is 7.57. The molecular weight excluding hydrogens is 309 g/mol. The summed E-state index contributed by atoms with van der Waals surface area (Å²) in [6.07, 6.45) is 2.36. The minimum atomic E-state index is -0.227. The molecule has 5 nitrogen and oxygen atoms in total. The third-order valence-electron chi connectivity index (χ3n) is 4.35. The second-order valence-corrected chi connectivity index (χ2v) is 6.20. The van der Waals surface area contributed by atoms with E-state index in [0.29, 0.717) is 17.9 Å². The Balaban J connectivity index is 1.65. The lowest BCUT2D eigenvalue weighted by atomic mass is 10.0. The lowest BCUT2D eigenvalue weighted by Gasteiger charge is -2.28. The Morgan fingerprint density at radius 1 is 1.38 bits per heavy atom. The first kappa shape index (κ1) is 16.6. The number of carbonyl (C=O) groups is 1. The number of rotatable bonds is 6. The number of aryl methyl sites for hydroxylation is 1. The molecule has 1 aliphatic rings. The van der Waals surface area contributed by atoms with Gasteiger partial charge in [0.15, 0.2) is 0 Å². The lowest BCUT2D eigenvalue weighted by molar-refractivity contribution is -0.121. The van der Waals surface area contributed by atoms with Gasteiger partial charge in [-0.1, -0.05) is 23.4 Å². The third-order valence-corrected chi connectivity index (χ3v) is 4.35. The van der Waals surface area contributed by atoms with Crippen molar-refractivity contribution >= 4 is 5.91 Å². The summed E-state index contributed by atoms with van der Waals surface area (Å²) in [5.41, 5.74) is 1.38. The van der Waals surface area contributed by atoms with Crippen LogP contribution in [0, 0.1) is 12.7 Å². The standard InChI is InChI=1S/C18H22FN3O2/c1-13-10-14(24-21-13)11-18(23)20-12-17(22-8-4-5-9-22)15-6-2-3-7-16(15)19/h2-3,6-7,10,17H,4-5,8-9,11-12H2,1H3,(H,20,23). The van der Waals surface area contributed by atoms with Crippen LogP contribution >= 0.6 is 0 Å². The minimum absolute atomic E-state index is 0.144. The molecule has 1 aliphatic heterocycles. The molecule has 1 N–H and O–H groups in total. The van der Waals surface area contributed by atoms with E-state index in [4.69, 9.17) is 4.52 Å². The van der Waals surface area contributed by atoms with Crippen LogP contribution in [0.5, 0.6) is 0 Å². The van der Waals surface area contributed by atoms with Gasteiger partial charge >= 0.3 is 0 Å². The van der Waals surface area contributed by atoms with Gasteiger partial charge in [0, 0.05) is 18.2 Å². The monoisotopic (exact) mass is 331 g/mol. The topological polar surface area (TPSA) is 58.4 Å². The molecule has 1 unspecified atom stereocenters. The molecule has 128 valence electrons. The maximum absolute atomic E-state index is 14.2. The van der Waals surface area contributed by atoms with Crippen LogP contribution in [0.15, 0.2) is 34.9 Å². The van der Waals surface area contributed by atoms with Crippen LogP contribution in [-0.2, 0) is 11.2 Å². The van der Waals surface area contributed by atoms with Gasteiger partial charge in [-0.25, -0.2) is 4.39 Å². The van der Waals surface area contributed by atoms with Crippen LogP contribution < -0.4 is 5.32 Å². The SMILES string of the molecule is Cc1cc(CC(=O)NCC(c2ccccc2F)N2CCCC2)on1. The van der Waals surface area contributed by atoms with E-state index in [-0.39, 0.29) is 24.2 Å². The fourth-order valence-corrected chi connectivity index (χ4v) is 3.17. The van der Waals surface area contributed by atoms with Gasteiger partial charge in [0.05, 0.1) is 18.2 Å². The van der Waals surface area contributed by atoms with E-state index in [1.807, 2.05) is 13.0 Å². The lowest BCUT2D eigenvalue weighted by Crippen LogP contribution is -2.37. The van der Waals surface area contributed by atoms with Crippen molar-refractivity contribution in [1.82, 2.24) is 15.4 Å². The fraction of sp³-hybridized carbons (Fsp3) is 0.444. The Morgan fingerprint density at radius 2 is 2.12 bits per heavy atom.